The molecule has 0 saturated heterocycles. The lowest BCUT2D eigenvalue weighted by molar-refractivity contribution is 0.535. The van der Waals surface area contributed by atoms with Crippen molar-refractivity contribution in [2.24, 2.45) is 5.73 Å². The number of nitrogens with one attached hydrogen (secondary N) is 1. The van der Waals surface area contributed by atoms with Crippen LogP contribution in [0.15, 0.2) is 30.1 Å². The molecule has 0 radical (unpaired) electrons. The van der Waals surface area contributed by atoms with Crippen molar-refractivity contribution in [1.82, 2.24) is 5.32 Å². The molecule has 15 heavy (non-hydrogen) atoms. The number of nitrogens with two attached hydrogens (primary N) is 1. The molecular weight excluding hydrogens is 215 g/mol. The van der Waals surface area contributed by atoms with Gasteiger partial charge < -0.3 is 11.1 Å². The van der Waals surface area contributed by atoms with E-state index < -0.39 is 5.41 Å². The highest BCUT2D eigenvalue weighted by molar-refractivity contribution is 6.30. The van der Waals surface area contributed by atoms with Crippen molar-refractivity contribution in [3.8, 4) is 0 Å². The van der Waals surface area contributed by atoms with E-state index in [0.717, 1.165) is 0 Å². The third-order valence-electron chi connectivity index (χ3n) is 2.70. The summed E-state index contributed by atoms with van der Waals surface area (Å²) >= 11 is 5.74. The van der Waals surface area contributed by atoms with Crippen molar-refractivity contribution in [3.05, 3.63) is 46.5 Å². The topological polar surface area (TPSA) is 38.0 Å². The predicted octanol–water partition coefficient (Wildman–Crippen LogP) is 2.14. The molecule has 0 aromatic heterocycles. The molecule has 1 unspecified atom stereocenters. The molecule has 2 rings (SSSR count). The highest BCUT2D eigenvalue weighted by atomic mass is 35.5. The maximum Gasteiger partial charge on any atom is 0.145 e. The van der Waals surface area contributed by atoms with Crippen molar-refractivity contribution in [2.75, 3.05) is 6.54 Å². The summed E-state index contributed by atoms with van der Waals surface area (Å²) in [5, 5.41) is 3.13. The van der Waals surface area contributed by atoms with Crippen LogP contribution in [0.2, 0.25) is 5.02 Å². The second kappa shape index (κ2) is 3.42. The summed E-state index contributed by atoms with van der Waals surface area (Å²) in [4.78, 5) is 0. The van der Waals surface area contributed by atoms with E-state index in [9.17, 15) is 4.39 Å². The minimum atomic E-state index is -0.418. The van der Waals surface area contributed by atoms with Crippen LogP contribution in [0.4, 0.5) is 4.39 Å². The molecule has 0 saturated carbocycles. The normalized spacial score (nSPS) is 24.9. The maximum atomic E-state index is 13.8. The molecule has 0 fully saturated rings. The van der Waals surface area contributed by atoms with E-state index in [4.69, 9.17) is 17.3 Å². The minimum absolute atomic E-state index is 0.146. The Hall–Kier alpha value is -1.22. The van der Waals surface area contributed by atoms with Gasteiger partial charge in [0.05, 0.1) is 10.8 Å². The number of hydrogen-bond acceptors (Lipinski definition) is 2. The first-order chi connectivity index (χ1) is 7.03. The highest BCUT2D eigenvalue weighted by Crippen LogP contribution is 2.33. The molecule has 4 heteroatoms. The van der Waals surface area contributed by atoms with E-state index in [1.165, 1.54) is 0 Å². The lowest BCUT2D eigenvalue weighted by Crippen LogP contribution is -2.27. The molecule has 80 valence electrons. The van der Waals surface area contributed by atoms with Gasteiger partial charge in [-0.25, -0.2) is 4.39 Å². The zero-order chi connectivity index (χ0) is 11.1. The van der Waals surface area contributed by atoms with Crippen LogP contribution in [0.5, 0.6) is 0 Å². The SMILES string of the molecule is CC1(c2cccc(Cl)c2F)C=C(N)NC1. The standard InChI is InChI=1S/C11H12ClFN2/c1-11(5-9(14)15-6-11)7-3-2-4-8(12)10(7)13/h2-5,15H,6,14H2,1H3. The molecule has 3 N–H and O–H groups in total. The molecule has 0 amide bonds. The fourth-order valence-electron chi connectivity index (χ4n) is 1.85. The number of hydrogen-bond donors (Lipinski definition) is 2. The first-order valence-corrected chi connectivity index (χ1v) is 5.07. The fourth-order valence-corrected chi connectivity index (χ4v) is 2.02. The average Bonchev–Trinajstić information content (AvgIpc) is 2.52. The van der Waals surface area contributed by atoms with E-state index in [1.54, 1.807) is 18.2 Å². The van der Waals surface area contributed by atoms with Crippen LogP contribution in [-0.4, -0.2) is 6.54 Å². The third kappa shape index (κ3) is 1.67. The Morgan fingerprint density at radius 2 is 2.27 bits per heavy atom. The van der Waals surface area contributed by atoms with E-state index in [-0.39, 0.29) is 10.8 Å². The summed E-state index contributed by atoms with van der Waals surface area (Å²) in [7, 11) is 0. The summed E-state index contributed by atoms with van der Waals surface area (Å²) in [6.07, 6.45) is 1.82. The molecule has 1 aromatic carbocycles. The van der Waals surface area contributed by atoms with Gasteiger partial charge in [-0.3, -0.25) is 0 Å². The molecule has 0 bridgehead atoms. The average molecular weight is 227 g/mol. The van der Waals surface area contributed by atoms with Gasteiger partial charge in [0.15, 0.2) is 0 Å². The van der Waals surface area contributed by atoms with Crippen LogP contribution in [0.25, 0.3) is 0 Å². The summed E-state index contributed by atoms with van der Waals surface area (Å²) in [5.74, 6) is 0.214. The fraction of sp³-hybridized carbons (Fsp3) is 0.273. The molecule has 2 nitrogen and oxygen atoms in total. The quantitative estimate of drug-likeness (QED) is 0.770. The molecule has 1 heterocycles. The highest BCUT2D eigenvalue weighted by Gasteiger charge is 2.32. The van der Waals surface area contributed by atoms with E-state index in [0.29, 0.717) is 17.9 Å². The van der Waals surface area contributed by atoms with Gasteiger partial charge in [0.1, 0.15) is 5.82 Å². The van der Waals surface area contributed by atoms with Gasteiger partial charge in [0.25, 0.3) is 0 Å². The van der Waals surface area contributed by atoms with Crippen LogP contribution in [-0.2, 0) is 5.41 Å². The monoisotopic (exact) mass is 226 g/mol. The van der Waals surface area contributed by atoms with E-state index in [1.807, 2.05) is 13.0 Å². The van der Waals surface area contributed by atoms with Gasteiger partial charge in [-0.15, -0.1) is 0 Å². The molecule has 1 aliphatic rings. The van der Waals surface area contributed by atoms with Gasteiger partial charge in [0, 0.05) is 17.5 Å². The van der Waals surface area contributed by atoms with Crippen LogP contribution in [0.3, 0.4) is 0 Å². The Morgan fingerprint density at radius 3 is 2.87 bits per heavy atom. The van der Waals surface area contributed by atoms with E-state index in [2.05, 4.69) is 5.32 Å². The predicted molar refractivity (Wildman–Crippen MR) is 59.0 cm³/mol. The smallest absolute Gasteiger partial charge is 0.145 e. The largest absolute Gasteiger partial charge is 0.386 e. The Balaban J connectivity index is 2.50. The Bertz CT molecular complexity index is 431. The molecule has 1 aliphatic heterocycles. The summed E-state index contributed by atoms with van der Waals surface area (Å²) < 4.78 is 13.8. The third-order valence-corrected chi connectivity index (χ3v) is 2.99. The summed E-state index contributed by atoms with van der Waals surface area (Å²) in [6, 6.07) is 5.02. The Kier molecular flexibility index (Phi) is 2.35. The first-order valence-electron chi connectivity index (χ1n) is 4.70. The van der Waals surface area contributed by atoms with Gasteiger partial charge in [-0.05, 0) is 12.1 Å². The van der Waals surface area contributed by atoms with Crippen molar-refractivity contribution in [2.45, 2.75) is 12.3 Å². The summed E-state index contributed by atoms with van der Waals surface area (Å²) in [6.45, 7) is 2.52. The lowest BCUT2D eigenvalue weighted by Gasteiger charge is -2.22. The van der Waals surface area contributed by atoms with Gasteiger partial charge in [-0.2, -0.15) is 0 Å². The van der Waals surface area contributed by atoms with Crippen molar-refractivity contribution in [3.63, 3.8) is 0 Å². The second-order valence-electron chi connectivity index (χ2n) is 3.97. The van der Waals surface area contributed by atoms with Crippen molar-refractivity contribution < 1.29 is 4.39 Å². The number of rotatable bonds is 1. The molecule has 0 spiro atoms. The second-order valence-corrected chi connectivity index (χ2v) is 4.38. The zero-order valence-corrected chi connectivity index (χ0v) is 9.11. The lowest BCUT2D eigenvalue weighted by atomic mass is 9.83. The van der Waals surface area contributed by atoms with Crippen LogP contribution < -0.4 is 11.1 Å². The van der Waals surface area contributed by atoms with Gasteiger partial charge in [0.2, 0.25) is 0 Å². The van der Waals surface area contributed by atoms with Gasteiger partial charge in [-0.1, -0.05) is 30.7 Å². The maximum absolute atomic E-state index is 13.8. The minimum Gasteiger partial charge on any atom is -0.386 e. The first kappa shape index (κ1) is 10.3. The Morgan fingerprint density at radius 1 is 1.53 bits per heavy atom. The number of benzene rings is 1. The van der Waals surface area contributed by atoms with Crippen molar-refractivity contribution in [1.29, 1.82) is 0 Å². The van der Waals surface area contributed by atoms with Gasteiger partial charge >= 0.3 is 0 Å². The molecular formula is C11H12ClFN2. The van der Waals surface area contributed by atoms with Crippen LogP contribution in [0.1, 0.15) is 12.5 Å². The summed E-state index contributed by atoms with van der Waals surface area (Å²) in [5.41, 5.74) is 5.78. The molecule has 1 aromatic rings. The van der Waals surface area contributed by atoms with Crippen LogP contribution >= 0.6 is 11.6 Å². The van der Waals surface area contributed by atoms with E-state index >= 15 is 0 Å². The van der Waals surface area contributed by atoms with Crippen molar-refractivity contribution >= 4 is 11.6 Å². The number of halogens is 2. The zero-order valence-electron chi connectivity index (χ0n) is 8.35. The molecule has 0 aliphatic carbocycles. The molecule has 1 atom stereocenters. The van der Waals surface area contributed by atoms with Crippen LogP contribution in [0, 0.1) is 5.82 Å². The Labute approximate surface area is 92.9 Å².